The fourth-order valence-electron chi connectivity index (χ4n) is 6.08. The number of H-pyrrole nitrogens is 1. The predicted octanol–water partition coefficient (Wildman–Crippen LogP) is 2.44. The molecule has 7 atom stereocenters. The van der Waals surface area contributed by atoms with Gasteiger partial charge in [-0.3, -0.25) is 4.90 Å². The van der Waals surface area contributed by atoms with Crippen LogP contribution in [0.4, 0.5) is 0 Å². The van der Waals surface area contributed by atoms with Gasteiger partial charge >= 0.3 is 0 Å². The first-order chi connectivity index (χ1) is 11.1. The second-order valence-electron chi connectivity index (χ2n) is 8.08. The van der Waals surface area contributed by atoms with E-state index in [4.69, 9.17) is 4.74 Å². The smallest absolute Gasteiger partial charge is 0.166 e. The highest BCUT2D eigenvalue weighted by Crippen LogP contribution is 2.58. The summed E-state index contributed by atoms with van der Waals surface area (Å²) in [6.07, 6.45) is 2.28. The molecule has 2 N–H and O–H groups in total. The van der Waals surface area contributed by atoms with Gasteiger partial charge in [0.2, 0.25) is 0 Å². The number of piperidine rings is 3. The molecule has 4 nitrogen and oxygen atoms in total. The summed E-state index contributed by atoms with van der Waals surface area (Å²) in [5.41, 5.74) is 4.24. The molecule has 7 rings (SSSR count). The van der Waals surface area contributed by atoms with Crippen molar-refractivity contribution in [1.29, 1.82) is 0 Å². The molecule has 0 aliphatic carbocycles. The number of aliphatic hydroxyl groups is 1. The van der Waals surface area contributed by atoms with E-state index in [9.17, 15) is 5.11 Å². The van der Waals surface area contributed by atoms with Crippen molar-refractivity contribution >= 4 is 10.9 Å². The number of aromatic nitrogens is 1. The minimum absolute atomic E-state index is 0.264. The molecule has 4 heteroatoms. The maximum absolute atomic E-state index is 10.6. The third-order valence-corrected chi connectivity index (χ3v) is 7.14. The second kappa shape index (κ2) is 4.00. The third-order valence-electron chi connectivity index (χ3n) is 7.14. The molecular formula is C19H22N2O2. The van der Waals surface area contributed by atoms with Crippen LogP contribution in [0.1, 0.15) is 30.6 Å². The molecule has 120 valence electrons. The average molecular weight is 310 g/mol. The van der Waals surface area contributed by atoms with E-state index in [1.807, 2.05) is 6.92 Å². The molecule has 1 aromatic heterocycles. The van der Waals surface area contributed by atoms with Crippen molar-refractivity contribution in [3.8, 4) is 0 Å². The van der Waals surface area contributed by atoms with Crippen LogP contribution in [0.15, 0.2) is 24.3 Å². The number of nitrogens with one attached hydrogen (secondary N) is 1. The second-order valence-corrected chi connectivity index (χ2v) is 8.08. The summed E-state index contributed by atoms with van der Waals surface area (Å²) in [6.45, 7) is 3.54. The number of fused-ring (bicyclic) bond motifs is 3. The van der Waals surface area contributed by atoms with E-state index in [0.29, 0.717) is 30.5 Å². The van der Waals surface area contributed by atoms with E-state index in [2.05, 4.69) is 34.1 Å². The number of ether oxygens (including phenoxy) is 1. The van der Waals surface area contributed by atoms with Crippen LogP contribution in [0.3, 0.4) is 0 Å². The normalized spacial score (nSPS) is 46.9. The SMILES string of the molecule is C[C@@]1(O)OCC2C3Cc4c([nH]c5ccccc45)[C@@H]4C[C@H]2[C@@H]1CN34. The minimum atomic E-state index is -0.947. The van der Waals surface area contributed by atoms with Gasteiger partial charge < -0.3 is 14.8 Å². The number of nitrogens with zero attached hydrogens (tertiary/aromatic N) is 1. The van der Waals surface area contributed by atoms with Crippen LogP contribution in [0.2, 0.25) is 0 Å². The zero-order chi connectivity index (χ0) is 15.3. The van der Waals surface area contributed by atoms with Gasteiger partial charge in [-0.05, 0) is 37.3 Å². The average Bonchev–Trinajstić information content (AvgIpc) is 2.92. The topological polar surface area (TPSA) is 48.5 Å². The Morgan fingerprint density at radius 3 is 3.09 bits per heavy atom. The summed E-state index contributed by atoms with van der Waals surface area (Å²) < 4.78 is 5.85. The summed E-state index contributed by atoms with van der Waals surface area (Å²) in [5.74, 6) is 0.489. The lowest BCUT2D eigenvalue weighted by atomic mass is 9.59. The van der Waals surface area contributed by atoms with E-state index in [1.54, 1.807) is 0 Å². The fourth-order valence-corrected chi connectivity index (χ4v) is 6.08. The van der Waals surface area contributed by atoms with Gasteiger partial charge in [-0.25, -0.2) is 0 Å². The standard InChI is InChI=1S/C19H22N2O2/c1-19(22)14-8-21-16-7-12-10-4-2-3-5-15(10)20-18(12)17(21)6-11(14)13(16)9-23-19/h2-5,11,13-14,16-17,20,22H,6-9H2,1H3/t11-,13?,14+,16?,17+,19-/m1/s1. The van der Waals surface area contributed by atoms with E-state index in [-0.39, 0.29) is 5.92 Å². The summed E-state index contributed by atoms with van der Waals surface area (Å²) in [7, 11) is 0. The van der Waals surface area contributed by atoms with E-state index in [1.165, 1.54) is 22.2 Å². The monoisotopic (exact) mass is 310 g/mol. The number of hydrogen-bond donors (Lipinski definition) is 2. The first-order valence-corrected chi connectivity index (χ1v) is 8.85. The summed E-state index contributed by atoms with van der Waals surface area (Å²) in [5, 5.41) is 12.0. The molecular weight excluding hydrogens is 288 g/mol. The maximum atomic E-state index is 10.6. The molecule has 3 unspecified atom stereocenters. The summed E-state index contributed by atoms with van der Waals surface area (Å²) in [4.78, 5) is 6.38. The van der Waals surface area contributed by atoms with Crippen molar-refractivity contribution in [2.24, 2.45) is 17.8 Å². The van der Waals surface area contributed by atoms with Gasteiger partial charge in [0.15, 0.2) is 5.79 Å². The van der Waals surface area contributed by atoms with Gasteiger partial charge in [-0.2, -0.15) is 0 Å². The van der Waals surface area contributed by atoms with Gasteiger partial charge in [0.25, 0.3) is 0 Å². The Hall–Kier alpha value is -1.36. The molecule has 6 bridgehead atoms. The first kappa shape index (κ1) is 13.0. The van der Waals surface area contributed by atoms with Crippen molar-refractivity contribution in [3.05, 3.63) is 35.5 Å². The molecule has 5 aliphatic heterocycles. The largest absolute Gasteiger partial charge is 0.365 e. The molecule has 6 heterocycles. The van der Waals surface area contributed by atoms with E-state index >= 15 is 0 Å². The molecule has 4 fully saturated rings. The van der Waals surface area contributed by atoms with Crippen LogP contribution in [-0.4, -0.2) is 40.0 Å². The quantitative estimate of drug-likeness (QED) is 0.786. The zero-order valence-electron chi connectivity index (χ0n) is 13.3. The Morgan fingerprint density at radius 1 is 1.30 bits per heavy atom. The van der Waals surface area contributed by atoms with Crippen molar-refractivity contribution in [2.75, 3.05) is 13.2 Å². The van der Waals surface area contributed by atoms with Gasteiger partial charge in [-0.15, -0.1) is 0 Å². The Kier molecular flexibility index (Phi) is 2.26. The number of para-hydroxylation sites is 1. The number of rotatable bonds is 0. The van der Waals surface area contributed by atoms with Crippen molar-refractivity contribution in [2.45, 2.75) is 37.6 Å². The number of hydrogen-bond acceptors (Lipinski definition) is 3. The molecule has 0 radical (unpaired) electrons. The highest BCUT2D eigenvalue weighted by molar-refractivity contribution is 5.85. The van der Waals surface area contributed by atoms with Crippen LogP contribution in [0.5, 0.6) is 0 Å². The molecule has 23 heavy (non-hydrogen) atoms. The van der Waals surface area contributed by atoms with Crippen LogP contribution < -0.4 is 0 Å². The molecule has 0 spiro atoms. The van der Waals surface area contributed by atoms with Crippen LogP contribution in [0.25, 0.3) is 10.9 Å². The first-order valence-electron chi connectivity index (χ1n) is 8.85. The Bertz CT molecular complexity index is 811. The lowest BCUT2D eigenvalue weighted by Gasteiger charge is -2.64. The van der Waals surface area contributed by atoms with Crippen LogP contribution >= 0.6 is 0 Å². The van der Waals surface area contributed by atoms with Crippen molar-refractivity contribution in [3.63, 3.8) is 0 Å². The van der Waals surface area contributed by atoms with Gasteiger partial charge in [0, 0.05) is 41.0 Å². The Morgan fingerprint density at radius 2 is 2.17 bits per heavy atom. The lowest BCUT2D eigenvalue weighted by Crippen LogP contribution is -2.70. The summed E-state index contributed by atoms with van der Waals surface area (Å²) in [6, 6.07) is 9.78. The maximum Gasteiger partial charge on any atom is 0.166 e. The van der Waals surface area contributed by atoms with E-state index in [0.717, 1.165) is 19.4 Å². The van der Waals surface area contributed by atoms with Crippen LogP contribution in [-0.2, 0) is 11.2 Å². The molecule has 2 aromatic rings. The predicted molar refractivity (Wildman–Crippen MR) is 86.9 cm³/mol. The molecule has 4 saturated heterocycles. The number of benzene rings is 1. The lowest BCUT2D eigenvalue weighted by molar-refractivity contribution is -0.318. The van der Waals surface area contributed by atoms with Crippen molar-refractivity contribution in [1.82, 2.24) is 9.88 Å². The third kappa shape index (κ3) is 1.48. The van der Waals surface area contributed by atoms with Gasteiger partial charge in [0.1, 0.15) is 0 Å². The van der Waals surface area contributed by atoms with Crippen LogP contribution in [0, 0.1) is 17.8 Å². The van der Waals surface area contributed by atoms with E-state index < -0.39 is 5.79 Å². The molecule has 1 aromatic carbocycles. The highest BCUT2D eigenvalue weighted by Gasteiger charge is 2.61. The van der Waals surface area contributed by atoms with Gasteiger partial charge in [-0.1, -0.05) is 18.2 Å². The number of aromatic amines is 1. The Balaban J connectivity index is 1.51. The molecule has 5 aliphatic rings. The Labute approximate surface area is 135 Å². The van der Waals surface area contributed by atoms with Crippen molar-refractivity contribution < 1.29 is 9.84 Å². The summed E-state index contributed by atoms with van der Waals surface area (Å²) >= 11 is 0. The highest BCUT2D eigenvalue weighted by atomic mass is 16.6. The van der Waals surface area contributed by atoms with Gasteiger partial charge in [0.05, 0.1) is 12.6 Å². The zero-order valence-corrected chi connectivity index (χ0v) is 13.3. The molecule has 0 amide bonds. The molecule has 0 saturated carbocycles. The fraction of sp³-hybridized carbons (Fsp3) is 0.579. The minimum Gasteiger partial charge on any atom is -0.365 e.